The zero-order valence-corrected chi connectivity index (χ0v) is 12.2. The van der Waals surface area contributed by atoms with Gasteiger partial charge in [-0.25, -0.2) is 0 Å². The van der Waals surface area contributed by atoms with Crippen LogP contribution in [-0.4, -0.2) is 11.5 Å². The van der Waals surface area contributed by atoms with Crippen LogP contribution in [0.4, 0.5) is 0 Å². The molecule has 1 heterocycles. The number of pyridine rings is 1. The zero-order chi connectivity index (χ0) is 13.7. The lowest BCUT2D eigenvalue weighted by Crippen LogP contribution is -2.24. The molecule has 102 valence electrons. The van der Waals surface area contributed by atoms with Crippen molar-refractivity contribution in [1.29, 1.82) is 0 Å². The monoisotopic (exact) mass is 256 g/mol. The smallest absolute Gasteiger partial charge is 0.0346 e. The van der Waals surface area contributed by atoms with Crippen LogP contribution in [0.1, 0.15) is 45.2 Å². The van der Waals surface area contributed by atoms with E-state index in [0.29, 0.717) is 12.0 Å². The summed E-state index contributed by atoms with van der Waals surface area (Å²) in [6, 6.07) is 8.92. The van der Waals surface area contributed by atoms with Crippen LogP contribution >= 0.6 is 0 Å². The van der Waals surface area contributed by atoms with Gasteiger partial charge in [0.15, 0.2) is 0 Å². The molecule has 2 nitrogen and oxygen atoms in total. The molecule has 2 heteroatoms. The van der Waals surface area contributed by atoms with E-state index < -0.39 is 0 Å². The molecule has 1 aromatic heterocycles. The first kappa shape index (κ1) is 14.0. The number of nitrogens with one attached hydrogen (secondary N) is 1. The van der Waals surface area contributed by atoms with Crippen molar-refractivity contribution in [2.45, 2.75) is 39.7 Å². The van der Waals surface area contributed by atoms with E-state index in [4.69, 9.17) is 0 Å². The second-order valence-electron chi connectivity index (χ2n) is 5.59. The summed E-state index contributed by atoms with van der Waals surface area (Å²) in [7, 11) is 0. The topological polar surface area (TPSA) is 24.9 Å². The Kier molecular flexibility index (Phi) is 4.92. The standard InChI is InChI=1S/C17H24N2/c1-4-9-19-17(10-13(2)3)16-12-18-11-14-7-5-6-8-15(14)16/h5-8,11-13,17,19H,4,9-10H2,1-3H3. The van der Waals surface area contributed by atoms with Crippen LogP contribution in [0.25, 0.3) is 10.8 Å². The molecule has 0 bridgehead atoms. The van der Waals surface area contributed by atoms with E-state index in [0.717, 1.165) is 19.4 Å². The highest BCUT2D eigenvalue weighted by Crippen LogP contribution is 2.27. The van der Waals surface area contributed by atoms with Crippen molar-refractivity contribution in [2.24, 2.45) is 5.92 Å². The summed E-state index contributed by atoms with van der Waals surface area (Å²) in [5, 5.41) is 6.22. The van der Waals surface area contributed by atoms with Gasteiger partial charge in [-0.2, -0.15) is 0 Å². The molecular weight excluding hydrogens is 232 g/mol. The van der Waals surface area contributed by atoms with Crippen LogP contribution < -0.4 is 5.32 Å². The highest BCUT2D eigenvalue weighted by molar-refractivity contribution is 5.85. The summed E-state index contributed by atoms with van der Waals surface area (Å²) in [4.78, 5) is 4.41. The maximum atomic E-state index is 4.41. The molecule has 1 atom stereocenters. The van der Waals surface area contributed by atoms with E-state index in [9.17, 15) is 0 Å². The largest absolute Gasteiger partial charge is 0.310 e. The van der Waals surface area contributed by atoms with Crippen LogP contribution in [0.2, 0.25) is 0 Å². The van der Waals surface area contributed by atoms with Crippen LogP contribution in [0, 0.1) is 5.92 Å². The number of benzene rings is 1. The lowest BCUT2D eigenvalue weighted by atomic mass is 9.94. The summed E-state index contributed by atoms with van der Waals surface area (Å²) < 4.78 is 0. The Bertz CT molecular complexity index is 514. The minimum absolute atomic E-state index is 0.401. The van der Waals surface area contributed by atoms with E-state index in [-0.39, 0.29) is 0 Å². The second kappa shape index (κ2) is 6.67. The third kappa shape index (κ3) is 3.54. The number of aromatic nitrogens is 1. The molecular formula is C17H24N2. The van der Waals surface area contributed by atoms with Gasteiger partial charge < -0.3 is 5.32 Å². The van der Waals surface area contributed by atoms with Gasteiger partial charge in [-0.3, -0.25) is 4.98 Å². The van der Waals surface area contributed by atoms with E-state index in [1.807, 2.05) is 12.4 Å². The molecule has 0 saturated carbocycles. The summed E-state index contributed by atoms with van der Waals surface area (Å²) in [5.41, 5.74) is 1.33. The molecule has 0 fully saturated rings. The molecule has 19 heavy (non-hydrogen) atoms. The van der Waals surface area contributed by atoms with Gasteiger partial charge in [0.2, 0.25) is 0 Å². The van der Waals surface area contributed by atoms with Crippen LogP contribution in [0.5, 0.6) is 0 Å². The van der Waals surface area contributed by atoms with Crippen molar-refractivity contribution in [3.63, 3.8) is 0 Å². The summed E-state index contributed by atoms with van der Waals surface area (Å²) in [5.74, 6) is 0.674. The van der Waals surface area contributed by atoms with Gasteiger partial charge >= 0.3 is 0 Å². The SMILES string of the molecule is CCCNC(CC(C)C)c1cncc2ccccc12. The molecule has 0 amide bonds. The Labute approximate surface area is 116 Å². The number of fused-ring (bicyclic) bond motifs is 1. The van der Waals surface area contributed by atoms with Gasteiger partial charge in [-0.15, -0.1) is 0 Å². The first-order valence-electron chi connectivity index (χ1n) is 7.28. The zero-order valence-electron chi connectivity index (χ0n) is 12.2. The van der Waals surface area contributed by atoms with E-state index in [1.54, 1.807) is 0 Å². The minimum Gasteiger partial charge on any atom is -0.310 e. The number of hydrogen-bond donors (Lipinski definition) is 1. The predicted molar refractivity (Wildman–Crippen MR) is 82.2 cm³/mol. The molecule has 1 aromatic carbocycles. The van der Waals surface area contributed by atoms with Crippen LogP contribution in [0.3, 0.4) is 0 Å². The average Bonchev–Trinajstić information content (AvgIpc) is 2.42. The Balaban J connectivity index is 2.37. The number of nitrogens with zero attached hydrogens (tertiary/aromatic N) is 1. The van der Waals surface area contributed by atoms with Crippen LogP contribution in [-0.2, 0) is 0 Å². The quantitative estimate of drug-likeness (QED) is 0.832. The normalized spacial score (nSPS) is 13.1. The van der Waals surface area contributed by atoms with E-state index in [1.165, 1.54) is 16.3 Å². The molecule has 0 aliphatic heterocycles. The highest BCUT2D eigenvalue weighted by Gasteiger charge is 2.15. The fourth-order valence-electron chi connectivity index (χ4n) is 2.53. The molecule has 0 aliphatic rings. The molecule has 0 radical (unpaired) electrons. The maximum absolute atomic E-state index is 4.41. The van der Waals surface area contributed by atoms with Gasteiger partial charge in [0.05, 0.1) is 0 Å². The van der Waals surface area contributed by atoms with Gasteiger partial charge in [-0.05, 0) is 36.3 Å². The molecule has 0 spiro atoms. The maximum Gasteiger partial charge on any atom is 0.0346 e. The summed E-state index contributed by atoms with van der Waals surface area (Å²) in [6.45, 7) is 7.82. The first-order valence-corrected chi connectivity index (χ1v) is 7.28. The van der Waals surface area contributed by atoms with Crippen molar-refractivity contribution in [1.82, 2.24) is 10.3 Å². The van der Waals surface area contributed by atoms with Gasteiger partial charge in [0.25, 0.3) is 0 Å². The lowest BCUT2D eigenvalue weighted by Gasteiger charge is -2.22. The van der Waals surface area contributed by atoms with Crippen molar-refractivity contribution in [3.05, 3.63) is 42.2 Å². The van der Waals surface area contributed by atoms with Crippen molar-refractivity contribution >= 4 is 10.8 Å². The minimum atomic E-state index is 0.401. The van der Waals surface area contributed by atoms with E-state index in [2.05, 4.69) is 55.3 Å². The molecule has 0 aliphatic carbocycles. The third-order valence-corrected chi connectivity index (χ3v) is 3.42. The Hall–Kier alpha value is -1.41. The lowest BCUT2D eigenvalue weighted by molar-refractivity contribution is 0.431. The van der Waals surface area contributed by atoms with Crippen molar-refractivity contribution in [3.8, 4) is 0 Å². The van der Waals surface area contributed by atoms with Crippen molar-refractivity contribution < 1.29 is 0 Å². The van der Waals surface area contributed by atoms with Crippen molar-refractivity contribution in [2.75, 3.05) is 6.54 Å². The molecule has 0 saturated heterocycles. The summed E-state index contributed by atoms with van der Waals surface area (Å²) >= 11 is 0. The molecule has 1 N–H and O–H groups in total. The predicted octanol–water partition coefficient (Wildman–Crippen LogP) is 4.32. The Morgan fingerprint density at radius 3 is 2.68 bits per heavy atom. The Morgan fingerprint density at radius 1 is 1.16 bits per heavy atom. The number of hydrogen-bond acceptors (Lipinski definition) is 2. The number of rotatable bonds is 6. The fourth-order valence-corrected chi connectivity index (χ4v) is 2.53. The molecule has 2 aromatic rings. The molecule has 1 unspecified atom stereocenters. The summed E-state index contributed by atoms with van der Waals surface area (Å²) in [6.07, 6.45) is 6.28. The average molecular weight is 256 g/mol. The van der Waals surface area contributed by atoms with E-state index >= 15 is 0 Å². The second-order valence-corrected chi connectivity index (χ2v) is 5.59. The van der Waals surface area contributed by atoms with Gasteiger partial charge in [0.1, 0.15) is 0 Å². The first-order chi connectivity index (χ1) is 9.22. The fraction of sp³-hybridized carbons (Fsp3) is 0.471. The van der Waals surface area contributed by atoms with Gasteiger partial charge in [-0.1, -0.05) is 45.0 Å². The molecule has 2 rings (SSSR count). The highest BCUT2D eigenvalue weighted by atomic mass is 14.9. The Morgan fingerprint density at radius 2 is 1.95 bits per heavy atom. The van der Waals surface area contributed by atoms with Gasteiger partial charge in [0, 0.05) is 23.8 Å². The third-order valence-electron chi connectivity index (χ3n) is 3.42. The van der Waals surface area contributed by atoms with Crippen LogP contribution in [0.15, 0.2) is 36.7 Å².